The van der Waals surface area contributed by atoms with Gasteiger partial charge in [0.2, 0.25) is 15.9 Å². The van der Waals surface area contributed by atoms with E-state index in [1.165, 1.54) is 39.5 Å². The fourth-order valence-corrected chi connectivity index (χ4v) is 3.78. The van der Waals surface area contributed by atoms with Crippen molar-refractivity contribution in [2.45, 2.75) is 18.7 Å². The highest BCUT2D eigenvalue weighted by Gasteiger charge is 2.24. The minimum atomic E-state index is -3.87. The zero-order chi connectivity index (χ0) is 20.2. The minimum Gasteiger partial charge on any atom is -0.493 e. The first-order chi connectivity index (χ1) is 12.7. The van der Waals surface area contributed by atoms with Crippen LogP contribution in [0.3, 0.4) is 0 Å². The Labute approximate surface area is 160 Å². The molecular weight excluding hydrogens is 368 g/mol. The van der Waals surface area contributed by atoms with E-state index in [1.807, 2.05) is 32.0 Å². The number of carbonyl (C=O) groups is 1. The summed E-state index contributed by atoms with van der Waals surface area (Å²) in [6.07, 6.45) is 0. The van der Waals surface area contributed by atoms with Gasteiger partial charge < -0.3 is 14.8 Å². The summed E-state index contributed by atoms with van der Waals surface area (Å²) in [6, 6.07) is 9.95. The molecular formula is C19H24N2O5S. The number of hydrogen-bond donors (Lipinski definition) is 1. The van der Waals surface area contributed by atoms with Gasteiger partial charge in [0.25, 0.3) is 0 Å². The highest BCUT2D eigenvalue weighted by Crippen LogP contribution is 2.30. The molecule has 7 nitrogen and oxygen atoms in total. The van der Waals surface area contributed by atoms with Gasteiger partial charge in [-0.1, -0.05) is 18.2 Å². The van der Waals surface area contributed by atoms with Crippen molar-refractivity contribution in [2.24, 2.45) is 0 Å². The number of nitrogens with zero attached hydrogens (tertiary/aromatic N) is 1. The summed E-state index contributed by atoms with van der Waals surface area (Å²) in [5.41, 5.74) is 2.52. The summed E-state index contributed by atoms with van der Waals surface area (Å²) >= 11 is 0. The van der Waals surface area contributed by atoms with Gasteiger partial charge in [-0.2, -0.15) is 4.31 Å². The Morgan fingerprint density at radius 2 is 1.63 bits per heavy atom. The van der Waals surface area contributed by atoms with Crippen LogP contribution in [0.4, 0.5) is 5.69 Å². The van der Waals surface area contributed by atoms with Crippen molar-refractivity contribution >= 4 is 21.6 Å². The third-order valence-corrected chi connectivity index (χ3v) is 5.97. The van der Waals surface area contributed by atoms with Crippen molar-refractivity contribution in [3.05, 3.63) is 47.5 Å². The van der Waals surface area contributed by atoms with Gasteiger partial charge in [-0.3, -0.25) is 4.79 Å². The number of para-hydroxylation sites is 1. The molecule has 0 saturated heterocycles. The van der Waals surface area contributed by atoms with Crippen LogP contribution in [0.15, 0.2) is 41.3 Å². The molecule has 0 heterocycles. The Kier molecular flexibility index (Phi) is 6.45. The summed E-state index contributed by atoms with van der Waals surface area (Å²) in [6.45, 7) is 3.45. The van der Waals surface area contributed by atoms with E-state index in [9.17, 15) is 13.2 Å². The lowest BCUT2D eigenvalue weighted by atomic mass is 10.1. The third kappa shape index (κ3) is 4.58. The summed E-state index contributed by atoms with van der Waals surface area (Å²) < 4.78 is 36.8. The third-order valence-electron chi connectivity index (χ3n) is 4.17. The van der Waals surface area contributed by atoms with Gasteiger partial charge in [0, 0.05) is 18.8 Å². The Morgan fingerprint density at radius 3 is 2.19 bits per heavy atom. The molecule has 146 valence electrons. The van der Waals surface area contributed by atoms with Gasteiger partial charge in [0.15, 0.2) is 11.5 Å². The maximum Gasteiger partial charge on any atom is 0.243 e. The molecule has 1 N–H and O–H groups in total. The van der Waals surface area contributed by atoms with Crippen LogP contribution >= 0.6 is 0 Å². The molecule has 2 aromatic carbocycles. The minimum absolute atomic E-state index is 0.0162. The molecule has 0 saturated carbocycles. The average Bonchev–Trinajstić information content (AvgIpc) is 2.64. The van der Waals surface area contributed by atoms with Gasteiger partial charge in [-0.05, 0) is 37.1 Å². The van der Waals surface area contributed by atoms with Crippen LogP contribution in [0, 0.1) is 13.8 Å². The number of methoxy groups -OCH3 is 2. The zero-order valence-electron chi connectivity index (χ0n) is 16.1. The molecule has 0 aromatic heterocycles. The van der Waals surface area contributed by atoms with Crippen molar-refractivity contribution in [1.29, 1.82) is 0 Å². The molecule has 8 heteroatoms. The van der Waals surface area contributed by atoms with Crippen molar-refractivity contribution in [3.8, 4) is 11.5 Å². The number of hydrogen-bond acceptors (Lipinski definition) is 5. The van der Waals surface area contributed by atoms with E-state index in [0.717, 1.165) is 15.4 Å². The predicted octanol–water partition coefficient (Wildman–Crippen LogP) is 2.58. The molecule has 2 aromatic rings. The van der Waals surface area contributed by atoms with Crippen LogP contribution in [-0.2, 0) is 14.8 Å². The standard InChI is InChI=1S/C19H24N2O5S/c1-13-7-6-8-14(2)19(13)20-18(22)12-21(3)27(23,24)15-9-10-16(25-4)17(11-15)26-5/h6-11H,12H2,1-5H3,(H,20,22). The van der Waals surface area contributed by atoms with Crippen LogP contribution in [-0.4, -0.2) is 46.4 Å². The number of benzene rings is 2. The number of anilines is 1. The molecule has 0 bridgehead atoms. The monoisotopic (exact) mass is 392 g/mol. The summed E-state index contributed by atoms with van der Waals surface area (Å²) in [4.78, 5) is 12.4. The van der Waals surface area contributed by atoms with Gasteiger partial charge >= 0.3 is 0 Å². The number of ether oxygens (including phenoxy) is 2. The van der Waals surface area contributed by atoms with E-state index < -0.39 is 15.9 Å². The number of aryl methyl sites for hydroxylation is 2. The van der Waals surface area contributed by atoms with Gasteiger partial charge in [-0.15, -0.1) is 0 Å². The molecule has 0 aliphatic carbocycles. The van der Waals surface area contributed by atoms with E-state index in [-0.39, 0.29) is 11.4 Å². The number of nitrogens with one attached hydrogen (secondary N) is 1. The lowest BCUT2D eigenvalue weighted by Crippen LogP contribution is -2.35. The van der Waals surface area contributed by atoms with Crippen LogP contribution in [0.5, 0.6) is 11.5 Å². The normalized spacial score (nSPS) is 11.3. The van der Waals surface area contributed by atoms with Crippen molar-refractivity contribution < 1.29 is 22.7 Å². The van der Waals surface area contributed by atoms with Gasteiger partial charge in [-0.25, -0.2) is 8.42 Å². The molecule has 2 rings (SSSR count). The molecule has 0 atom stereocenters. The van der Waals surface area contributed by atoms with E-state index in [2.05, 4.69) is 5.32 Å². The van der Waals surface area contributed by atoms with Crippen LogP contribution < -0.4 is 14.8 Å². The fourth-order valence-electron chi connectivity index (χ4n) is 2.63. The molecule has 1 amide bonds. The number of carbonyl (C=O) groups excluding carboxylic acids is 1. The first kappa shape index (κ1) is 20.7. The number of amides is 1. The first-order valence-corrected chi connectivity index (χ1v) is 9.69. The average molecular weight is 392 g/mol. The second-order valence-electron chi connectivity index (χ2n) is 6.09. The Morgan fingerprint density at radius 1 is 1.04 bits per heavy atom. The SMILES string of the molecule is COc1ccc(S(=O)(=O)N(C)CC(=O)Nc2c(C)cccc2C)cc1OC. The zero-order valence-corrected chi connectivity index (χ0v) is 16.9. The molecule has 27 heavy (non-hydrogen) atoms. The van der Waals surface area contributed by atoms with E-state index in [1.54, 1.807) is 0 Å². The Hall–Kier alpha value is -2.58. The van der Waals surface area contributed by atoms with Gasteiger partial charge in [0.1, 0.15) is 0 Å². The van der Waals surface area contributed by atoms with Crippen LogP contribution in [0.1, 0.15) is 11.1 Å². The lowest BCUT2D eigenvalue weighted by molar-refractivity contribution is -0.116. The maximum absolute atomic E-state index is 12.8. The van der Waals surface area contributed by atoms with E-state index >= 15 is 0 Å². The quantitative estimate of drug-likeness (QED) is 0.783. The van der Waals surface area contributed by atoms with Crippen molar-refractivity contribution in [2.75, 3.05) is 33.1 Å². The number of rotatable bonds is 7. The number of sulfonamides is 1. The molecule has 0 aliphatic heterocycles. The van der Waals surface area contributed by atoms with E-state index in [0.29, 0.717) is 17.2 Å². The smallest absolute Gasteiger partial charge is 0.243 e. The van der Waals surface area contributed by atoms with Crippen LogP contribution in [0.2, 0.25) is 0 Å². The fraction of sp³-hybridized carbons (Fsp3) is 0.316. The summed E-state index contributed by atoms with van der Waals surface area (Å²) in [5.74, 6) is 0.304. The highest BCUT2D eigenvalue weighted by atomic mass is 32.2. The molecule has 0 unspecified atom stereocenters. The van der Waals surface area contributed by atoms with Crippen molar-refractivity contribution in [3.63, 3.8) is 0 Å². The Balaban J connectivity index is 2.19. The summed E-state index contributed by atoms with van der Waals surface area (Å²) in [7, 11) is 0.385. The predicted molar refractivity (Wildman–Crippen MR) is 104 cm³/mol. The molecule has 0 fully saturated rings. The maximum atomic E-state index is 12.8. The van der Waals surface area contributed by atoms with Crippen LogP contribution in [0.25, 0.3) is 0 Å². The number of likely N-dealkylation sites (N-methyl/N-ethyl adjacent to an activating group) is 1. The second-order valence-corrected chi connectivity index (χ2v) is 8.14. The highest BCUT2D eigenvalue weighted by molar-refractivity contribution is 7.89. The first-order valence-electron chi connectivity index (χ1n) is 8.25. The summed E-state index contributed by atoms with van der Waals surface area (Å²) in [5, 5.41) is 2.78. The molecule has 0 aliphatic rings. The lowest BCUT2D eigenvalue weighted by Gasteiger charge is -2.19. The second kappa shape index (κ2) is 8.41. The molecule has 0 radical (unpaired) electrons. The van der Waals surface area contributed by atoms with Gasteiger partial charge in [0.05, 0.1) is 25.7 Å². The molecule has 0 spiro atoms. The Bertz CT molecular complexity index is 921. The largest absolute Gasteiger partial charge is 0.493 e. The topological polar surface area (TPSA) is 84.9 Å². The van der Waals surface area contributed by atoms with Crippen molar-refractivity contribution in [1.82, 2.24) is 4.31 Å². The van der Waals surface area contributed by atoms with E-state index in [4.69, 9.17) is 9.47 Å².